The Balaban J connectivity index is 1.18. The summed E-state index contributed by atoms with van der Waals surface area (Å²) in [6, 6.07) is 7.56. The number of aliphatic carboxylic acids is 1. The number of hydrogen-bond acceptors (Lipinski definition) is 11. The van der Waals surface area contributed by atoms with E-state index >= 15 is 0 Å². The molecule has 2 saturated heterocycles. The van der Waals surface area contributed by atoms with Gasteiger partial charge in [-0.05, 0) is 18.1 Å². The summed E-state index contributed by atoms with van der Waals surface area (Å²) in [5.74, 6) is 5.24. The molecule has 3 aliphatic heterocycles. The first-order chi connectivity index (χ1) is 23.7. The van der Waals surface area contributed by atoms with Gasteiger partial charge in [-0.25, -0.2) is 33.5 Å². The molecule has 250 valence electrons. The molecule has 5 aromatic rings. The maximum Gasteiger partial charge on any atom is 0.326 e. The maximum atomic E-state index is 14.0. The molecule has 2 atom stereocenters. The van der Waals surface area contributed by atoms with E-state index in [4.69, 9.17) is 23.0 Å². The summed E-state index contributed by atoms with van der Waals surface area (Å²) in [6.07, 6.45) is -0.588. The van der Waals surface area contributed by atoms with Crippen LogP contribution in [0.4, 0.5) is 20.3 Å². The van der Waals surface area contributed by atoms with Crippen LogP contribution in [-0.4, -0.2) is 92.0 Å². The van der Waals surface area contributed by atoms with Gasteiger partial charge in [0.1, 0.15) is 29.9 Å². The molecule has 49 heavy (non-hydrogen) atoms. The predicted octanol–water partition coefficient (Wildman–Crippen LogP) is 4.42. The van der Waals surface area contributed by atoms with Crippen LogP contribution in [0, 0.1) is 18.8 Å². The number of anilines is 1. The molecule has 1 N–H and O–H groups in total. The Morgan fingerprint density at radius 2 is 1.98 bits per heavy atom. The SMILES string of the molecule is CC1=[N+](c2cc(C#Cc3cnc(C)o3)cnc2O[C@H]2C[C@@H](C(=O)O)N(c3nc(C(F)F)nc4c3oc3ccccc34)C2)CCOC12COC2. The Hall–Kier alpha value is -5.46. The van der Waals surface area contributed by atoms with Gasteiger partial charge in [0.2, 0.25) is 0 Å². The summed E-state index contributed by atoms with van der Waals surface area (Å²) >= 11 is 0. The summed E-state index contributed by atoms with van der Waals surface area (Å²) in [5, 5.41) is 10.8. The van der Waals surface area contributed by atoms with Gasteiger partial charge >= 0.3 is 5.97 Å². The van der Waals surface area contributed by atoms with Crippen LogP contribution in [0.2, 0.25) is 0 Å². The van der Waals surface area contributed by atoms with Crippen LogP contribution < -0.4 is 9.64 Å². The molecule has 15 heteroatoms. The second-order valence-electron chi connectivity index (χ2n) is 12.1. The summed E-state index contributed by atoms with van der Waals surface area (Å²) in [4.78, 5) is 30.9. The number of carbonyl (C=O) groups is 1. The van der Waals surface area contributed by atoms with Crippen molar-refractivity contribution < 1.29 is 46.3 Å². The highest BCUT2D eigenvalue weighted by Crippen LogP contribution is 2.39. The minimum atomic E-state index is -2.99. The molecule has 13 nitrogen and oxygen atoms in total. The van der Waals surface area contributed by atoms with E-state index in [1.54, 1.807) is 43.6 Å². The van der Waals surface area contributed by atoms with Crippen LogP contribution in [0.1, 0.15) is 42.8 Å². The molecular formula is C34H29F2N6O7+. The fourth-order valence-electron chi connectivity index (χ4n) is 6.47. The fraction of sp³-hybridized carbons (Fsp3) is 0.353. The average Bonchev–Trinajstić information content (AvgIpc) is 3.80. The quantitative estimate of drug-likeness (QED) is 0.201. The zero-order valence-electron chi connectivity index (χ0n) is 26.4. The number of aryl methyl sites for hydroxylation is 1. The first-order valence-electron chi connectivity index (χ1n) is 15.6. The summed E-state index contributed by atoms with van der Waals surface area (Å²) in [7, 11) is 0. The number of nitrogens with zero attached hydrogens (tertiary/aromatic N) is 6. The minimum absolute atomic E-state index is 0.0000893. The molecule has 3 aliphatic rings. The molecule has 2 fully saturated rings. The molecule has 1 aromatic carbocycles. The summed E-state index contributed by atoms with van der Waals surface area (Å²) in [5.41, 5.74) is 2.25. The zero-order chi connectivity index (χ0) is 33.9. The van der Waals surface area contributed by atoms with Gasteiger partial charge in [-0.2, -0.15) is 4.58 Å². The number of fused-ring (bicyclic) bond motifs is 3. The van der Waals surface area contributed by atoms with Crippen LogP contribution in [0.25, 0.3) is 22.1 Å². The van der Waals surface area contributed by atoms with Crippen LogP contribution in [0.5, 0.6) is 5.88 Å². The third kappa shape index (κ3) is 5.42. The number of carboxylic acids is 1. The fourth-order valence-corrected chi connectivity index (χ4v) is 6.47. The van der Waals surface area contributed by atoms with Crippen LogP contribution in [-0.2, 0) is 14.3 Å². The van der Waals surface area contributed by atoms with E-state index in [1.807, 2.05) is 13.0 Å². The Morgan fingerprint density at radius 1 is 1.14 bits per heavy atom. The van der Waals surface area contributed by atoms with Gasteiger partial charge in [0.05, 0.1) is 31.5 Å². The standard InChI is InChI=1S/C34H28F2N6O7/c1-18-34(16-45-17-34)46-10-9-41(18)24-11-20(7-8-21-14-37-19(2)47-21)13-38-32(24)48-22-12-25(33(43)44)42(15-22)31-28-27(39-30(40-31)29(35)36)23-5-3-4-6-26(23)49-28/h3-6,11,13-14,22,25,29H,9-10,12,15-17H2,1-2H3/p+1/t22-,25-/m0/s1. The topological polar surface area (TPSA) is 149 Å². The lowest BCUT2D eigenvalue weighted by molar-refractivity contribution is -0.473. The van der Waals surface area contributed by atoms with E-state index in [0.717, 1.165) is 5.71 Å². The van der Waals surface area contributed by atoms with Crippen LogP contribution in [0.15, 0.2) is 51.6 Å². The number of oxazole rings is 1. The normalized spacial score (nSPS) is 20.2. The molecule has 0 unspecified atom stereocenters. The van der Waals surface area contributed by atoms with E-state index in [1.165, 1.54) is 4.90 Å². The molecule has 0 bridgehead atoms. The highest BCUT2D eigenvalue weighted by Gasteiger charge is 2.51. The number of ether oxygens (including phenoxy) is 3. The van der Waals surface area contributed by atoms with Crippen molar-refractivity contribution >= 4 is 45.3 Å². The van der Waals surface area contributed by atoms with Crippen molar-refractivity contribution in [3.8, 4) is 17.7 Å². The first kappa shape index (κ1) is 30.8. The predicted molar refractivity (Wildman–Crippen MR) is 168 cm³/mol. The van der Waals surface area contributed by atoms with Gasteiger partial charge in [0.25, 0.3) is 18.0 Å². The van der Waals surface area contributed by atoms with Crippen molar-refractivity contribution in [2.24, 2.45) is 0 Å². The Labute approximate surface area is 277 Å². The van der Waals surface area contributed by atoms with Gasteiger partial charge in [0.15, 0.2) is 46.7 Å². The monoisotopic (exact) mass is 671 g/mol. The third-order valence-corrected chi connectivity index (χ3v) is 9.01. The minimum Gasteiger partial charge on any atom is -0.480 e. The number of benzene rings is 1. The van der Waals surface area contributed by atoms with Crippen molar-refractivity contribution in [1.29, 1.82) is 0 Å². The summed E-state index contributed by atoms with van der Waals surface area (Å²) < 4.78 is 59.7. The Bertz CT molecular complexity index is 2220. The Kier molecular flexibility index (Phi) is 7.49. The van der Waals surface area contributed by atoms with Crippen molar-refractivity contribution in [2.75, 3.05) is 37.8 Å². The first-order valence-corrected chi connectivity index (χ1v) is 15.6. The number of rotatable bonds is 6. The second-order valence-corrected chi connectivity index (χ2v) is 12.1. The number of carboxylic acid groups (broad SMARTS) is 1. The molecule has 4 aromatic heterocycles. The van der Waals surface area contributed by atoms with Crippen molar-refractivity contribution in [1.82, 2.24) is 19.9 Å². The molecular weight excluding hydrogens is 642 g/mol. The van der Waals surface area contributed by atoms with E-state index in [-0.39, 0.29) is 35.8 Å². The van der Waals surface area contributed by atoms with Gasteiger partial charge in [0, 0.05) is 37.9 Å². The highest BCUT2D eigenvalue weighted by atomic mass is 19.3. The molecule has 7 heterocycles. The molecule has 0 radical (unpaired) electrons. The lowest BCUT2D eigenvalue weighted by atomic mass is 9.94. The van der Waals surface area contributed by atoms with Gasteiger partial charge in [-0.15, -0.1) is 0 Å². The lowest BCUT2D eigenvalue weighted by Crippen LogP contribution is -2.62. The molecule has 0 aliphatic carbocycles. The maximum absolute atomic E-state index is 14.0. The highest BCUT2D eigenvalue weighted by molar-refractivity contribution is 6.06. The number of para-hydroxylation sites is 1. The number of halogens is 2. The smallest absolute Gasteiger partial charge is 0.326 e. The van der Waals surface area contributed by atoms with E-state index in [2.05, 4.69) is 36.4 Å². The van der Waals surface area contributed by atoms with Gasteiger partial charge in [-0.3, -0.25) is 0 Å². The molecule has 1 spiro atoms. The zero-order valence-corrected chi connectivity index (χ0v) is 26.4. The van der Waals surface area contributed by atoms with Crippen molar-refractivity contribution in [3.05, 3.63) is 65.8 Å². The average molecular weight is 672 g/mol. The third-order valence-electron chi connectivity index (χ3n) is 9.01. The largest absolute Gasteiger partial charge is 0.480 e. The van der Waals surface area contributed by atoms with Crippen LogP contribution >= 0.6 is 0 Å². The summed E-state index contributed by atoms with van der Waals surface area (Å²) in [6.45, 7) is 5.45. The van der Waals surface area contributed by atoms with Crippen molar-refractivity contribution in [2.45, 2.75) is 44.4 Å². The number of alkyl halides is 2. The Morgan fingerprint density at radius 3 is 2.71 bits per heavy atom. The number of aromatic nitrogens is 4. The van der Waals surface area contributed by atoms with Crippen LogP contribution in [0.3, 0.4) is 0 Å². The number of pyridine rings is 1. The van der Waals surface area contributed by atoms with E-state index in [0.29, 0.717) is 60.2 Å². The van der Waals surface area contributed by atoms with Gasteiger partial charge in [-0.1, -0.05) is 18.1 Å². The lowest BCUT2D eigenvalue weighted by Gasteiger charge is -2.41. The van der Waals surface area contributed by atoms with Gasteiger partial charge < -0.3 is 33.1 Å². The molecule has 0 amide bonds. The number of furan rings is 1. The van der Waals surface area contributed by atoms with E-state index < -0.39 is 36.0 Å². The van der Waals surface area contributed by atoms with E-state index in [9.17, 15) is 18.7 Å². The second kappa shape index (κ2) is 11.9. The molecule has 0 saturated carbocycles. The molecule has 8 rings (SSSR count). The van der Waals surface area contributed by atoms with Crippen molar-refractivity contribution in [3.63, 3.8) is 0 Å². The number of hydrogen-bond donors (Lipinski definition) is 1.